The molecule has 198 valence electrons. The Morgan fingerprint density at radius 1 is 1.14 bits per heavy atom. The molecule has 0 aromatic rings. The SMILES string of the molecule is C[C@]12CCC(OCCCN)CC1CC[C@@H]1[C@H]2CC[C@]2(C)C(O)(/C=N/NC3=NCCCN3)CC[C@@]12O. The normalized spacial score (nSPS) is 47.4. The number of hydrogen-bond donors (Lipinski definition) is 5. The maximum atomic E-state index is 12.3. The number of fused-ring (bicyclic) bond motifs is 5. The minimum absolute atomic E-state index is 0.233. The predicted molar refractivity (Wildman–Crippen MR) is 138 cm³/mol. The minimum atomic E-state index is -1.12. The zero-order valence-electron chi connectivity index (χ0n) is 21.8. The molecule has 1 heterocycles. The quantitative estimate of drug-likeness (QED) is 0.222. The van der Waals surface area contributed by atoms with Gasteiger partial charge in [-0.25, -0.2) is 5.43 Å². The van der Waals surface area contributed by atoms with Crippen molar-refractivity contribution in [1.82, 2.24) is 10.7 Å². The summed E-state index contributed by atoms with van der Waals surface area (Å²) in [6.07, 6.45) is 12.6. The van der Waals surface area contributed by atoms with Crippen LogP contribution in [0.25, 0.3) is 0 Å². The number of aliphatic hydroxyl groups is 2. The summed E-state index contributed by atoms with van der Waals surface area (Å²) in [6.45, 7) is 7.72. The van der Waals surface area contributed by atoms with Gasteiger partial charge in [0.15, 0.2) is 0 Å². The molecule has 0 spiro atoms. The van der Waals surface area contributed by atoms with Gasteiger partial charge in [-0.15, -0.1) is 0 Å². The molecule has 6 N–H and O–H groups in total. The van der Waals surface area contributed by atoms with Gasteiger partial charge in [0, 0.05) is 25.1 Å². The first-order valence-electron chi connectivity index (χ1n) is 14.1. The molecule has 5 rings (SSSR count). The average molecular weight is 490 g/mol. The molecule has 8 heteroatoms. The molecule has 0 saturated heterocycles. The molecule has 5 aliphatic rings. The molecule has 0 bridgehead atoms. The lowest BCUT2D eigenvalue weighted by Gasteiger charge is -2.64. The lowest BCUT2D eigenvalue weighted by molar-refractivity contribution is -0.225. The molecule has 0 aromatic heterocycles. The number of ether oxygens (including phenoxy) is 1. The molecule has 3 unspecified atom stereocenters. The van der Waals surface area contributed by atoms with Gasteiger partial charge in [-0.1, -0.05) is 13.8 Å². The van der Waals surface area contributed by atoms with Gasteiger partial charge in [-0.2, -0.15) is 5.10 Å². The number of hydrazone groups is 1. The van der Waals surface area contributed by atoms with E-state index in [1.807, 2.05) is 0 Å². The van der Waals surface area contributed by atoms with Crippen LogP contribution in [-0.4, -0.2) is 65.9 Å². The molecular formula is C27H47N5O3. The second-order valence-corrected chi connectivity index (χ2v) is 12.5. The summed E-state index contributed by atoms with van der Waals surface area (Å²) in [6, 6.07) is 0. The molecule has 1 aliphatic heterocycles. The summed E-state index contributed by atoms with van der Waals surface area (Å²) in [7, 11) is 0. The van der Waals surface area contributed by atoms with Crippen LogP contribution in [0.15, 0.2) is 10.1 Å². The minimum Gasteiger partial charge on any atom is -0.389 e. The van der Waals surface area contributed by atoms with E-state index in [4.69, 9.17) is 10.5 Å². The largest absolute Gasteiger partial charge is 0.389 e. The van der Waals surface area contributed by atoms with Crippen molar-refractivity contribution >= 4 is 12.2 Å². The van der Waals surface area contributed by atoms with Crippen LogP contribution >= 0.6 is 0 Å². The fraction of sp³-hybridized carbons (Fsp3) is 0.926. The number of nitrogens with zero attached hydrogens (tertiary/aromatic N) is 2. The Balaban J connectivity index is 1.30. The van der Waals surface area contributed by atoms with Crippen molar-refractivity contribution in [2.45, 2.75) is 102 Å². The van der Waals surface area contributed by atoms with Crippen molar-refractivity contribution in [1.29, 1.82) is 0 Å². The first-order chi connectivity index (χ1) is 16.8. The van der Waals surface area contributed by atoms with E-state index in [0.29, 0.717) is 43.3 Å². The van der Waals surface area contributed by atoms with Gasteiger partial charge in [-0.05, 0) is 100 Å². The lowest BCUT2D eigenvalue weighted by atomic mass is 9.43. The number of rotatable bonds is 6. The summed E-state index contributed by atoms with van der Waals surface area (Å²) in [5.41, 5.74) is 6.28. The highest BCUT2D eigenvalue weighted by Gasteiger charge is 2.71. The molecule has 8 nitrogen and oxygen atoms in total. The summed E-state index contributed by atoms with van der Waals surface area (Å²) < 4.78 is 6.17. The van der Waals surface area contributed by atoms with Gasteiger partial charge in [0.1, 0.15) is 5.60 Å². The highest BCUT2D eigenvalue weighted by atomic mass is 16.5. The fourth-order valence-corrected chi connectivity index (χ4v) is 8.74. The van der Waals surface area contributed by atoms with Crippen LogP contribution in [0.5, 0.6) is 0 Å². The third-order valence-electron chi connectivity index (χ3n) is 11.1. The van der Waals surface area contributed by atoms with E-state index in [1.54, 1.807) is 6.21 Å². The molecular weight excluding hydrogens is 442 g/mol. The Bertz CT molecular complexity index is 838. The van der Waals surface area contributed by atoms with Gasteiger partial charge in [0.05, 0.1) is 17.9 Å². The monoisotopic (exact) mass is 489 g/mol. The Hall–Kier alpha value is -1.22. The second kappa shape index (κ2) is 9.58. The van der Waals surface area contributed by atoms with Crippen LogP contribution in [-0.2, 0) is 4.74 Å². The van der Waals surface area contributed by atoms with E-state index in [1.165, 1.54) is 6.42 Å². The van der Waals surface area contributed by atoms with Gasteiger partial charge < -0.3 is 26.0 Å². The highest BCUT2D eigenvalue weighted by molar-refractivity contribution is 5.81. The maximum absolute atomic E-state index is 12.3. The van der Waals surface area contributed by atoms with Crippen LogP contribution in [0.3, 0.4) is 0 Å². The van der Waals surface area contributed by atoms with E-state index >= 15 is 0 Å². The summed E-state index contributed by atoms with van der Waals surface area (Å²) in [5, 5.41) is 31.7. The first-order valence-corrected chi connectivity index (χ1v) is 14.1. The number of aliphatic imine (C=N–C) groups is 1. The van der Waals surface area contributed by atoms with Crippen molar-refractivity contribution in [3.8, 4) is 0 Å². The van der Waals surface area contributed by atoms with Crippen molar-refractivity contribution in [2.75, 3.05) is 26.2 Å². The standard InChI is InChI=1S/C27H47N5O3/c1-24-9-7-20(35-16-3-13-28)17-19(24)5-6-22-21(24)8-10-25(2)26(33,11-12-27(22,25)34)18-31-32-23-29-14-4-15-30-23/h18-22,33-34H,3-17,28H2,1-2H3,(H2,29,30,32)/b31-18+/t19?,20?,21-,22-,24+,25-,26?,27-/m1/s1. The Morgan fingerprint density at radius 2 is 2.00 bits per heavy atom. The molecule has 4 saturated carbocycles. The number of guanidine groups is 1. The highest BCUT2D eigenvalue weighted by Crippen LogP contribution is 2.69. The molecule has 0 amide bonds. The van der Waals surface area contributed by atoms with Crippen LogP contribution in [0.2, 0.25) is 0 Å². The molecule has 35 heavy (non-hydrogen) atoms. The Kier molecular flexibility index (Phi) is 6.96. The third kappa shape index (κ3) is 4.12. The van der Waals surface area contributed by atoms with Gasteiger partial charge >= 0.3 is 0 Å². The third-order valence-corrected chi connectivity index (χ3v) is 11.1. The summed E-state index contributed by atoms with van der Waals surface area (Å²) >= 11 is 0. The molecule has 0 aromatic carbocycles. The predicted octanol–water partition coefficient (Wildman–Crippen LogP) is 2.53. The zero-order valence-corrected chi connectivity index (χ0v) is 21.8. The van der Waals surface area contributed by atoms with Gasteiger partial charge in [0.25, 0.3) is 0 Å². The smallest absolute Gasteiger partial charge is 0.212 e. The van der Waals surface area contributed by atoms with Crippen molar-refractivity contribution < 1.29 is 14.9 Å². The van der Waals surface area contributed by atoms with Crippen molar-refractivity contribution in [3.05, 3.63) is 0 Å². The zero-order chi connectivity index (χ0) is 24.7. The average Bonchev–Trinajstić information content (AvgIpc) is 3.06. The second-order valence-electron chi connectivity index (χ2n) is 12.5. The van der Waals surface area contributed by atoms with Crippen LogP contribution < -0.4 is 16.5 Å². The molecule has 4 aliphatic carbocycles. The number of hydrogen-bond acceptors (Lipinski definition) is 8. The van der Waals surface area contributed by atoms with Crippen LogP contribution in [0.1, 0.15) is 84.5 Å². The molecule has 0 radical (unpaired) electrons. The van der Waals surface area contributed by atoms with Crippen LogP contribution in [0.4, 0.5) is 0 Å². The van der Waals surface area contributed by atoms with E-state index in [2.05, 4.69) is 34.7 Å². The maximum Gasteiger partial charge on any atom is 0.212 e. The fourth-order valence-electron chi connectivity index (χ4n) is 8.74. The summed E-state index contributed by atoms with van der Waals surface area (Å²) in [4.78, 5) is 4.39. The van der Waals surface area contributed by atoms with E-state index in [0.717, 1.165) is 71.1 Å². The molecule has 4 fully saturated rings. The van der Waals surface area contributed by atoms with Crippen molar-refractivity contribution in [2.24, 2.45) is 44.4 Å². The number of nitrogens with two attached hydrogens (primary N) is 1. The van der Waals surface area contributed by atoms with E-state index in [9.17, 15) is 10.2 Å². The van der Waals surface area contributed by atoms with Crippen LogP contribution in [0, 0.1) is 28.6 Å². The molecule has 8 atom stereocenters. The topological polar surface area (TPSA) is 124 Å². The first kappa shape index (κ1) is 25.4. The summed E-state index contributed by atoms with van der Waals surface area (Å²) in [5.74, 6) is 2.05. The van der Waals surface area contributed by atoms with Gasteiger partial charge in [0.2, 0.25) is 5.96 Å². The lowest BCUT2D eigenvalue weighted by Crippen LogP contribution is -2.65. The van der Waals surface area contributed by atoms with E-state index < -0.39 is 16.6 Å². The van der Waals surface area contributed by atoms with Gasteiger partial charge in [-0.3, -0.25) is 4.99 Å². The van der Waals surface area contributed by atoms with E-state index in [-0.39, 0.29) is 11.3 Å². The Labute approximate surface area is 210 Å². The number of nitrogens with one attached hydrogen (secondary N) is 2. The van der Waals surface area contributed by atoms with Crippen molar-refractivity contribution in [3.63, 3.8) is 0 Å². The Morgan fingerprint density at radius 3 is 2.77 bits per heavy atom.